The number of thiophene rings is 1. The van der Waals surface area contributed by atoms with Gasteiger partial charge in [-0.05, 0) is 12.1 Å². The first-order valence-electron chi connectivity index (χ1n) is 3.86. The van der Waals surface area contributed by atoms with Crippen molar-refractivity contribution in [2.45, 2.75) is 12.0 Å². The van der Waals surface area contributed by atoms with Gasteiger partial charge >= 0.3 is 11.9 Å². The third-order valence-electron chi connectivity index (χ3n) is 1.75. The molecule has 0 aliphatic rings. The van der Waals surface area contributed by atoms with Crippen molar-refractivity contribution in [2.24, 2.45) is 5.73 Å². The largest absolute Gasteiger partial charge is 0.468 e. The summed E-state index contributed by atoms with van der Waals surface area (Å²) in [4.78, 5) is 10.5. The van der Waals surface area contributed by atoms with Gasteiger partial charge in [0.2, 0.25) is 0 Å². The van der Waals surface area contributed by atoms with Crippen LogP contribution in [-0.2, 0) is 15.5 Å². The summed E-state index contributed by atoms with van der Waals surface area (Å²) in [6.45, 7) is 0. The fraction of sp³-hybridized carbons (Fsp3) is 0.375. The summed E-state index contributed by atoms with van der Waals surface area (Å²) in [6, 6.07) is 0.437. The van der Waals surface area contributed by atoms with Gasteiger partial charge in [0, 0.05) is 0 Å². The summed E-state index contributed by atoms with van der Waals surface area (Å²) >= 11 is 6.19. The number of nitrogens with two attached hydrogens (primary N) is 1. The molecule has 0 bridgehead atoms. The topological polar surface area (TPSA) is 52.3 Å². The van der Waals surface area contributed by atoms with Crippen LogP contribution in [0.2, 0.25) is 4.34 Å². The van der Waals surface area contributed by atoms with E-state index in [0.29, 0.717) is 11.3 Å². The fourth-order valence-electron chi connectivity index (χ4n) is 0.922. The quantitative estimate of drug-likeness (QED) is 0.841. The highest BCUT2D eigenvalue weighted by atomic mass is 35.5. The Bertz CT molecular complexity index is 369. The summed E-state index contributed by atoms with van der Waals surface area (Å²) in [6.07, 6.45) is 0. The predicted molar refractivity (Wildman–Crippen MR) is 53.2 cm³/mol. The highest BCUT2D eigenvalue weighted by Crippen LogP contribution is 2.37. The lowest BCUT2D eigenvalue weighted by atomic mass is 10.1. The number of halogens is 3. The molecule has 2 N–H and O–H groups in total. The van der Waals surface area contributed by atoms with Crippen molar-refractivity contribution in [3.8, 4) is 0 Å². The third kappa shape index (κ3) is 2.45. The molecule has 1 rings (SSSR count). The second kappa shape index (κ2) is 4.42. The number of methoxy groups -OCH3 is 1. The molecule has 84 valence electrons. The average molecular weight is 256 g/mol. The lowest BCUT2D eigenvalue weighted by Gasteiger charge is -2.19. The minimum atomic E-state index is -3.47. The van der Waals surface area contributed by atoms with Gasteiger partial charge in [0.25, 0.3) is 0 Å². The molecular formula is C8H8ClF2NO2S. The molecule has 1 aromatic rings. The number of carbonyl (C=O) groups excluding carboxylic acids is 1. The van der Waals surface area contributed by atoms with Crippen molar-refractivity contribution in [3.63, 3.8) is 0 Å². The minimum Gasteiger partial charge on any atom is -0.468 e. The molecule has 0 saturated heterocycles. The standard InChI is InChI=1S/C8H8ClF2NO2S/c1-14-7(13)6(12)8(10,11)4-2-3-5(9)15-4/h2-3,6H,12H2,1H3. The van der Waals surface area contributed by atoms with Crippen LogP contribution in [0, 0.1) is 0 Å². The maximum Gasteiger partial charge on any atom is 0.329 e. The third-order valence-corrected chi connectivity index (χ3v) is 3.06. The molecule has 0 radical (unpaired) electrons. The molecule has 0 fully saturated rings. The zero-order chi connectivity index (χ0) is 11.6. The van der Waals surface area contributed by atoms with Crippen LogP contribution in [0.1, 0.15) is 4.88 Å². The maximum absolute atomic E-state index is 13.5. The summed E-state index contributed by atoms with van der Waals surface area (Å²) < 4.78 is 31.4. The van der Waals surface area contributed by atoms with Crippen molar-refractivity contribution in [3.05, 3.63) is 21.3 Å². The van der Waals surface area contributed by atoms with Gasteiger partial charge < -0.3 is 10.5 Å². The zero-order valence-electron chi connectivity index (χ0n) is 7.67. The molecule has 3 nitrogen and oxygen atoms in total. The SMILES string of the molecule is COC(=O)C(N)C(F)(F)c1ccc(Cl)s1. The molecule has 1 atom stereocenters. The Labute approximate surface area is 93.8 Å². The number of esters is 1. The van der Waals surface area contributed by atoms with Gasteiger partial charge in [-0.25, -0.2) is 0 Å². The van der Waals surface area contributed by atoms with Gasteiger partial charge in [0.15, 0.2) is 6.04 Å². The van der Waals surface area contributed by atoms with Crippen molar-refractivity contribution in [1.29, 1.82) is 0 Å². The molecule has 1 aromatic heterocycles. The summed E-state index contributed by atoms with van der Waals surface area (Å²) in [5.41, 5.74) is 5.09. The average Bonchev–Trinajstić information content (AvgIpc) is 2.63. The monoisotopic (exact) mass is 255 g/mol. The number of hydrogen-bond donors (Lipinski definition) is 1. The molecule has 0 spiro atoms. The normalized spacial score (nSPS) is 13.7. The minimum absolute atomic E-state index is 0.210. The van der Waals surface area contributed by atoms with E-state index < -0.39 is 17.9 Å². The Kier molecular flexibility index (Phi) is 3.64. The van der Waals surface area contributed by atoms with E-state index in [0.717, 1.165) is 13.2 Å². The van der Waals surface area contributed by atoms with Crippen LogP contribution in [-0.4, -0.2) is 19.1 Å². The predicted octanol–water partition coefficient (Wildman–Crippen LogP) is 1.99. The van der Waals surface area contributed by atoms with Gasteiger partial charge in [-0.1, -0.05) is 11.6 Å². The molecule has 0 aromatic carbocycles. The van der Waals surface area contributed by atoms with Gasteiger partial charge in [0.05, 0.1) is 16.3 Å². The Morgan fingerprint density at radius 2 is 2.27 bits per heavy atom. The number of hydrogen-bond acceptors (Lipinski definition) is 4. The zero-order valence-corrected chi connectivity index (χ0v) is 9.24. The van der Waals surface area contributed by atoms with Gasteiger partial charge in [-0.2, -0.15) is 8.78 Å². The summed E-state index contributed by atoms with van der Waals surface area (Å²) in [5.74, 6) is -4.63. The molecule has 0 saturated carbocycles. The van der Waals surface area contributed by atoms with Crippen molar-refractivity contribution in [2.75, 3.05) is 7.11 Å². The maximum atomic E-state index is 13.5. The van der Waals surface area contributed by atoms with E-state index in [9.17, 15) is 13.6 Å². The van der Waals surface area contributed by atoms with Gasteiger partial charge in [-0.15, -0.1) is 11.3 Å². The molecule has 1 heterocycles. The van der Waals surface area contributed by atoms with Crippen LogP contribution in [0.15, 0.2) is 12.1 Å². The molecule has 0 amide bonds. The van der Waals surface area contributed by atoms with E-state index in [4.69, 9.17) is 17.3 Å². The summed E-state index contributed by atoms with van der Waals surface area (Å²) in [5, 5.41) is 0. The van der Waals surface area contributed by atoms with E-state index in [1.54, 1.807) is 0 Å². The Morgan fingerprint density at radius 3 is 2.67 bits per heavy atom. The van der Waals surface area contributed by atoms with Crippen LogP contribution in [0.4, 0.5) is 8.78 Å². The van der Waals surface area contributed by atoms with Crippen LogP contribution in [0.3, 0.4) is 0 Å². The van der Waals surface area contributed by atoms with Gasteiger partial charge in [-0.3, -0.25) is 4.79 Å². The van der Waals surface area contributed by atoms with E-state index in [-0.39, 0.29) is 9.21 Å². The Morgan fingerprint density at radius 1 is 1.67 bits per heavy atom. The van der Waals surface area contributed by atoms with Crippen molar-refractivity contribution in [1.82, 2.24) is 0 Å². The van der Waals surface area contributed by atoms with E-state index in [1.165, 1.54) is 6.07 Å². The second-order valence-electron chi connectivity index (χ2n) is 2.73. The lowest BCUT2D eigenvalue weighted by Crippen LogP contribution is -2.45. The first kappa shape index (κ1) is 12.4. The van der Waals surface area contributed by atoms with Crippen molar-refractivity contribution >= 4 is 28.9 Å². The highest BCUT2D eigenvalue weighted by Gasteiger charge is 2.45. The number of alkyl halides is 2. The van der Waals surface area contributed by atoms with E-state index in [2.05, 4.69) is 4.74 Å². The number of carbonyl (C=O) groups is 1. The van der Waals surface area contributed by atoms with Gasteiger partial charge in [0.1, 0.15) is 0 Å². The van der Waals surface area contributed by atoms with Crippen LogP contribution < -0.4 is 5.73 Å². The first-order valence-corrected chi connectivity index (χ1v) is 5.06. The molecule has 0 aliphatic heterocycles. The van der Waals surface area contributed by atoms with Crippen LogP contribution in [0.25, 0.3) is 0 Å². The number of ether oxygens (including phenoxy) is 1. The Balaban J connectivity index is 2.96. The lowest BCUT2D eigenvalue weighted by molar-refractivity contribution is -0.152. The Hall–Kier alpha value is -0.720. The van der Waals surface area contributed by atoms with Crippen LogP contribution in [0.5, 0.6) is 0 Å². The summed E-state index contributed by atoms with van der Waals surface area (Å²) in [7, 11) is 1.000. The molecule has 1 unspecified atom stereocenters. The fourth-order valence-corrected chi connectivity index (χ4v) is 1.98. The van der Waals surface area contributed by atoms with Crippen molar-refractivity contribution < 1.29 is 18.3 Å². The smallest absolute Gasteiger partial charge is 0.329 e. The number of rotatable bonds is 3. The molecule has 15 heavy (non-hydrogen) atoms. The second-order valence-corrected chi connectivity index (χ2v) is 4.44. The molecule has 7 heteroatoms. The first-order chi connectivity index (χ1) is 6.89. The molecular weight excluding hydrogens is 248 g/mol. The molecule has 0 aliphatic carbocycles. The highest BCUT2D eigenvalue weighted by molar-refractivity contribution is 7.16. The van der Waals surface area contributed by atoms with E-state index >= 15 is 0 Å². The van der Waals surface area contributed by atoms with Crippen LogP contribution >= 0.6 is 22.9 Å². The van der Waals surface area contributed by atoms with E-state index in [1.807, 2.05) is 0 Å².